The molecule has 0 saturated heterocycles. The van der Waals surface area contributed by atoms with Crippen molar-refractivity contribution in [2.75, 3.05) is 13.2 Å². The molecule has 0 aliphatic carbocycles. The summed E-state index contributed by atoms with van der Waals surface area (Å²) in [5, 5.41) is 5.71. The molecule has 0 fully saturated rings. The van der Waals surface area contributed by atoms with Crippen LogP contribution in [-0.2, 0) is 11.2 Å². The van der Waals surface area contributed by atoms with E-state index in [0.29, 0.717) is 6.04 Å². The molecule has 2 unspecified atom stereocenters. The van der Waals surface area contributed by atoms with Gasteiger partial charge >= 0.3 is 0 Å². The Morgan fingerprint density at radius 1 is 1.47 bits per heavy atom. The first-order chi connectivity index (χ1) is 8.19. The number of hydrogen-bond acceptors (Lipinski definition) is 3. The van der Waals surface area contributed by atoms with Crippen molar-refractivity contribution in [3.8, 4) is 0 Å². The topological polar surface area (TPSA) is 21.3 Å². The molecule has 0 amide bonds. The molecule has 4 heteroatoms. The van der Waals surface area contributed by atoms with Gasteiger partial charge in [0, 0.05) is 28.4 Å². The van der Waals surface area contributed by atoms with Gasteiger partial charge in [0.15, 0.2) is 0 Å². The molecule has 0 saturated carbocycles. The van der Waals surface area contributed by atoms with Crippen molar-refractivity contribution in [2.24, 2.45) is 0 Å². The Labute approximate surface area is 117 Å². The molecule has 0 aliphatic heterocycles. The normalized spacial score (nSPS) is 14.8. The van der Waals surface area contributed by atoms with Crippen molar-refractivity contribution >= 4 is 27.3 Å². The Kier molecular flexibility index (Phi) is 7.35. The van der Waals surface area contributed by atoms with Crippen LogP contribution in [0.3, 0.4) is 0 Å². The van der Waals surface area contributed by atoms with Crippen LogP contribution in [0.2, 0.25) is 0 Å². The summed E-state index contributed by atoms with van der Waals surface area (Å²) in [6, 6.07) is 2.51. The number of nitrogens with one attached hydrogen (secondary N) is 1. The minimum atomic E-state index is 0.251. The van der Waals surface area contributed by atoms with E-state index < -0.39 is 0 Å². The van der Waals surface area contributed by atoms with Gasteiger partial charge in [-0.3, -0.25) is 0 Å². The molecule has 98 valence electrons. The lowest BCUT2D eigenvalue weighted by Gasteiger charge is -2.25. The average Bonchev–Trinajstić information content (AvgIpc) is 2.70. The predicted molar refractivity (Wildman–Crippen MR) is 78.9 cm³/mol. The van der Waals surface area contributed by atoms with Crippen molar-refractivity contribution in [3.63, 3.8) is 0 Å². The van der Waals surface area contributed by atoms with Crippen LogP contribution in [0, 0.1) is 0 Å². The van der Waals surface area contributed by atoms with Crippen LogP contribution in [0.15, 0.2) is 15.9 Å². The molecule has 0 aromatic carbocycles. The van der Waals surface area contributed by atoms with Gasteiger partial charge in [0.1, 0.15) is 0 Å². The minimum Gasteiger partial charge on any atom is -0.377 e. The summed E-state index contributed by atoms with van der Waals surface area (Å²) in [5.41, 5.74) is 0. The van der Waals surface area contributed by atoms with Crippen molar-refractivity contribution < 1.29 is 4.74 Å². The van der Waals surface area contributed by atoms with Crippen molar-refractivity contribution in [2.45, 2.75) is 45.8 Å². The minimum absolute atomic E-state index is 0.251. The first kappa shape index (κ1) is 15.2. The van der Waals surface area contributed by atoms with Crippen molar-refractivity contribution in [3.05, 3.63) is 20.8 Å². The van der Waals surface area contributed by atoms with Crippen molar-refractivity contribution in [1.29, 1.82) is 0 Å². The zero-order valence-electron chi connectivity index (χ0n) is 10.8. The third kappa shape index (κ3) is 5.08. The Morgan fingerprint density at radius 2 is 2.24 bits per heavy atom. The molecule has 0 spiro atoms. The van der Waals surface area contributed by atoms with Gasteiger partial charge in [0.25, 0.3) is 0 Å². The molecule has 0 aliphatic rings. The smallest absolute Gasteiger partial charge is 0.0703 e. The van der Waals surface area contributed by atoms with Crippen molar-refractivity contribution in [1.82, 2.24) is 5.32 Å². The lowest BCUT2D eigenvalue weighted by Crippen LogP contribution is -2.41. The Hall–Kier alpha value is 0.1000. The van der Waals surface area contributed by atoms with Gasteiger partial charge in [-0.1, -0.05) is 6.92 Å². The van der Waals surface area contributed by atoms with Gasteiger partial charge in [-0.05, 0) is 54.2 Å². The fourth-order valence-electron chi connectivity index (χ4n) is 1.78. The maximum absolute atomic E-state index is 5.72. The highest BCUT2D eigenvalue weighted by atomic mass is 79.9. The quantitative estimate of drug-likeness (QED) is 0.786. The Bertz CT molecular complexity index is 316. The zero-order valence-corrected chi connectivity index (χ0v) is 13.2. The molecule has 2 nitrogen and oxygen atoms in total. The largest absolute Gasteiger partial charge is 0.377 e. The van der Waals surface area contributed by atoms with E-state index >= 15 is 0 Å². The van der Waals surface area contributed by atoms with Crippen LogP contribution in [0.25, 0.3) is 0 Å². The van der Waals surface area contributed by atoms with Gasteiger partial charge in [-0.2, -0.15) is 0 Å². The van der Waals surface area contributed by atoms with Gasteiger partial charge in [0.05, 0.1) is 6.10 Å². The first-order valence-electron chi connectivity index (χ1n) is 6.25. The lowest BCUT2D eigenvalue weighted by atomic mass is 10.1. The standard InChI is InChI=1S/C13H22BrNOS/c1-4-7-15-12(10(3)16-5-2)9-13-11(14)6-8-17-13/h6,8,10,12,15H,4-5,7,9H2,1-3H3. The highest BCUT2D eigenvalue weighted by Gasteiger charge is 2.18. The lowest BCUT2D eigenvalue weighted by molar-refractivity contribution is 0.0478. The summed E-state index contributed by atoms with van der Waals surface area (Å²) in [6.45, 7) is 8.21. The number of rotatable bonds is 8. The molecular weight excluding hydrogens is 298 g/mol. The number of thiophene rings is 1. The van der Waals surface area contributed by atoms with Crippen LogP contribution >= 0.6 is 27.3 Å². The maximum Gasteiger partial charge on any atom is 0.0703 e. The van der Waals surface area contributed by atoms with Crippen LogP contribution in [-0.4, -0.2) is 25.3 Å². The summed E-state index contributed by atoms with van der Waals surface area (Å²) in [4.78, 5) is 1.39. The van der Waals surface area contributed by atoms with Crippen LogP contribution in [0.5, 0.6) is 0 Å². The molecule has 0 radical (unpaired) electrons. The number of halogens is 1. The van der Waals surface area contributed by atoms with E-state index in [9.17, 15) is 0 Å². The molecule has 2 atom stereocenters. The van der Waals surface area contributed by atoms with E-state index in [-0.39, 0.29) is 6.10 Å². The summed E-state index contributed by atoms with van der Waals surface area (Å²) in [7, 11) is 0. The Balaban J connectivity index is 2.59. The first-order valence-corrected chi connectivity index (χ1v) is 7.93. The second kappa shape index (κ2) is 8.25. The van der Waals surface area contributed by atoms with Gasteiger partial charge in [-0.15, -0.1) is 11.3 Å². The number of ether oxygens (including phenoxy) is 1. The summed E-state index contributed by atoms with van der Waals surface area (Å²) >= 11 is 5.40. The zero-order chi connectivity index (χ0) is 12.7. The monoisotopic (exact) mass is 319 g/mol. The third-order valence-corrected chi connectivity index (χ3v) is 4.70. The fraction of sp³-hybridized carbons (Fsp3) is 0.692. The molecule has 0 bridgehead atoms. The van der Waals surface area contributed by atoms with E-state index in [4.69, 9.17) is 4.74 Å². The third-order valence-electron chi connectivity index (χ3n) is 2.75. The van der Waals surface area contributed by atoms with E-state index in [1.54, 1.807) is 11.3 Å². The summed E-state index contributed by atoms with van der Waals surface area (Å²) in [6.07, 6.45) is 2.43. The van der Waals surface area contributed by atoms with Crippen LogP contribution < -0.4 is 5.32 Å². The second-order valence-electron chi connectivity index (χ2n) is 4.12. The molecule has 1 heterocycles. The summed E-state index contributed by atoms with van der Waals surface area (Å²) < 4.78 is 6.93. The molecular formula is C13H22BrNOS. The fourth-order valence-corrected chi connectivity index (χ4v) is 3.36. The van der Waals surface area contributed by atoms with E-state index in [1.165, 1.54) is 9.35 Å². The number of hydrogen-bond donors (Lipinski definition) is 1. The molecule has 1 aromatic heterocycles. The average molecular weight is 320 g/mol. The van der Waals surface area contributed by atoms with E-state index in [2.05, 4.69) is 53.5 Å². The SMILES string of the molecule is CCCNC(Cc1sccc1Br)C(C)OCC. The maximum atomic E-state index is 5.72. The molecule has 1 N–H and O–H groups in total. The van der Waals surface area contributed by atoms with Crippen LogP contribution in [0.1, 0.15) is 32.1 Å². The van der Waals surface area contributed by atoms with Crippen LogP contribution in [0.4, 0.5) is 0 Å². The van der Waals surface area contributed by atoms with E-state index in [0.717, 1.165) is 26.0 Å². The molecule has 17 heavy (non-hydrogen) atoms. The molecule has 1 rings (SSSR count). The molecule has 1 aromatic rings. The highest BCUT2D eigenvalue weighted by Crippen LogP contribution is 2.24. The summed E-state index contributed by atoms with van der Waals surface area (Å²) in [5.74, 6) is 0. The Morgan fingerprint density at radius 3 is 2.76 bits per heavy atom. The van der Waals surface area contributed by atoms with Gasteiger partial charge in [0.2, 0.25) is 0 Å². The highest BCUT2D eigenvalue weighted by molar-refractivity contribution is 9.10. The predicted octanol–water partition coefficient (Wildman–Crippen LogP) is 3.85. The van der Waals surface area contributed by atoms with Gasteiger partial charge in [-0.25, -0.2) is 0 Å². The van der Waals surface area contributed by atoms with E-state index in [1.807, 2.05) is 0 Å². The second-order valence-corrected chi connectivity index (χ2v) is 5.97. The van der Waals surface area contributed by atoms with Gasteiger partial charge < -0.3 is 10.1 Å².